The van der Waals surface area contributed by atoms with Crippen molar-refractivity contribution >= 4 is 23.6 Å². The average Bonchev–Trinajstić information content (AvgIpc) is 2.80. The van der Waals surface area contributed by atoms with Gasteiger partial charge >= 0.3 is 0 Å². The van der Waals surface area contributed by atoms with Gasteiger partial charge in [0.25, 0.3) is 0 Å². The van der Waals surface area contributed by atoms with Crippen LogP contribution in [0.2, 0.25) is 0 Å². The molecule has 4 nitrogen and oxygen atoms in total. The van der Waals surface area contributed by atoms with Gasteiger partial charge in [-0.15, -0.1) is 0 Å². The van der Waals surface area contributed by atoms with E-state index in [0.717, 1.165) is 37.9 Å². The van der Waals surface area contributed by atoms with Crippen molar-refractivity contribution in [2.24, 2.45) is 0 Å². The van der Waals surface area contributed by atoms with Crippen LogP contribution in [0, 0.1) is 0 Å². The summed E-state index contributed by atoms with van der Waals surface area (Å²) < 4.78 is 0. The Balaban J connectivity index is 2.10. The molecule has 102 valence electrons. The van der Waals surface area contributed by atoms with Crippen LogP contribution in [0.5, 0.6) is 0 Å². The number of piperazine rings is 1. The summed E-state index contributed by atoms with van der Waals surface area (Å²) in [6.45, 7) is 2.28. The maximum atomic E-state index is 12.6. The number of nitrogens with zero attached hydrogens (tertiary/aromatic N) is 1. The molecule has 2 amide bonds. The highest BCUT2D eigenvalue weighted by molar-refractivity contribution is 7.98. The topological polar surface area (TPSA) is 49.4 Å². The molecule has 5 heteroatoms. The van der Waals surface area contributed by atoms with Crippen molar-refractivity contribution in [2.75, 3.05) is 18.6 Å². The van der Waals surface area contributed by atoms with E-state index in [1.54, 1.807) is 16.7 Å². The third-order valence-corrected chi connectivity index (χ3v) is 4.74. The first-order chi connectivity index (χ1) is 8.59. The summed E-state index contributed by atoms with van der Waals surface area (Å²) in [6, 6.07) is 0.161. The molecule has 1 unspecified atom stereocenters. The zero-order chi connectivity index (χ0) is 13.2. The molecule has 2 aliphatic rings. The predicted octanol–water partition coefficient (Wildman–Crippen LogP) is 1.40. The summed E-state index contributed by atoms with van der Waals surface area (Å²) in [7, 11) is 0. The monoisotopic (exact) mass is 270 g/mol. The van der Waals surface area contributed by atoms with E-state index < -0.39 is 5.54 Å². The van der Waals surface area contributed by atoms with Crippen LogP contribution >= 0.6 is 11.8 Å². The van der Waals surface area contributed by atoms with E-state index in [-0.39, 0.29) is 24.4 Å². The van der Waals surface area contributed by atoms with Crippen LogP contribution in [0.25, 0.3) is 0 Å². The highest BCUT2D eigenvalue weighted by Crippen LogP contribution is 2.34. The number of carbonyl (C=O) groups is 2. The first-order valence-corrected chi connectivity index (χ1v) is 8.09. The quantitative estimate of drug-likeness (QED) is 0.840. The van der Waals surface area contributed by atoms with Crippen molar-refractivity contribution in [3.8, 4) is 0 Å². The molecule has 18 heavy (non-hydrogen) atoms. The van der Waals surface area contributed by atoms with E-state index in [0.29, 0.717) is 0 Å². The van der Waals surface area contributed by atoms with Crippen LogP contribution < -0.4 is 5.32 Å². The minimum atomic E-state index is -0.567. The van der Waals surface area contributed by atoms with Gasteiger partial charge in [-0.05, 0) is 38.2 Å². The molecule has 1 N–H and O–H groups in total. The van der Waals surface area contributed by atoms with E-state index in [4.69, 9.17) is 0 Å². The van der Waals surface area contributed by atoms with Crippen LogP contribution in [0.4, 0.5) is 0 Å². The number of nitrogens with one attached hydrogen (secondary N) is 1. The molecular weight excluding hydrogens is 248 g/mol. The summed E-state index contributed by atoms with van der Waals surface area (Å²) in [4.78, 5) is 26.2. The maximum Gasteiger partial charge on any atom is 0.249 e. The molecule has 1 atom stereocenters. The second-order valence-corrected chi connectivity index (χ2v) is 6.39. The molecule has 0 aromatic rings. The van der Waals surface area contributed by atoms with Gasteiger partial charge in [0, 0.05) is 6.04 Å². The van der Waals surface area contributed by atoms with Gasteiger partial charge in [-0.3, -0.25) is 9.59 Å². The molecular formula is C13H22N2O2S. The third-order valence-electron chi connectivity index (χ3n) is 4.09. The SMILES string of the molecule is CSCCC(C)N1CC(=O)NC2(CCCC2)C1=O. The largest absolute Gasteiger partial charge is 0.340 e. The lowest BCUT2D eigenvalue weighted by molar-refractivity contribution is -0.151. The lowest BCUT2D eigenvalue weighted by Gasteiger charge is -2.42. The normalized spacial score (nSPS) is 24.4. The lowest BCUT2D eigenvalue weighted by atomic mass is 9.92. The highest BCUT2D eigenvalue weighted by Gasteiger charge is 2.49. The Hall–Kier alpha value is -0.710. The smallest absolute Gasteiger partial charge is 0.249 e. The van der Waals surface area contributed by atoms with Crippen molar-refractivity contribution in [2.45, 2.75) is 50.6 Å². The number of thioether (sulfide) groups is 1. The lowest BCUT2D eigenvalue weighted by Crippen LogP contribution is -2.67. The Morgan fingerprint density at radius 3 is 2.67 bits per heavy atom. The van der Waals surface area contributed by atoms with Gasteiger partial charge in [0.05, 0.1) is 6.54 Å². The zero-order valence-electron chi connectivity index (χ0n) is 11.2. The Kier molecular flexibility index (Phi) is 4.20. The van der Waals surface area contributed by atoms with Crippen molar-refractivity contribution in [3.63, 3.8) is 0 Å². The fraction of sp³-hybridized carbons (Fsp3) is 0.846. The molecule has 1 aliphatic carbocycles. The van der Waals surface area contributed by atoms with Crippen LogP contribution in [-0.4, -0.2) is 46.8 Å². The molecule has 0 aromatic carbocycles. The molecule has 1 saturated carbocycles. The van der Waals surface area contributed by atoms with Crippen molar-refractivity contribution in [1.29, 1.82) is 0 Å². The molecule has 2 rings (SSSR count). The van der Waals surface area contributed by atoms with Crippen LogP contribution in [-0.2, 0) is 9.59 Å². The molecule has 0 aromatic heterocycles. The van der Waals surface area contributed by atoms with Gasteiger partial charge in [0.1, 0.15) is 5.54 Å². The molecule has 1 heterocycles. The standard InChI is InChI=1S/C13H22N2O2S/c1-10(5-8-18-2)15-9-11(16)14-13(12(15)17)6-3-4-7-13/h10H,3-9H2,1-2H3,(H,14,16). The molecule has 1 aliphatic heterocycles. The number of hydrogen-bond acceptors (Lipinski definition) is 3. The van der Waals surface area contributed by atoms with E-state index in [9.17, 15) is 9.59 Å². The molecule has 1 spiro atoms. The van der Waals surface area contributed by atoms with Crippen LogP contribution in [0.3, 0.4) is 0 Å². The summed E-state index contributed by atoms with van der Waals surface area (Å²) in [5.41, 5.74) is -0.567. The fourth-order valence-corrected chi connectivity index (χ4v) is 3.56. The van der Waals surface area contributed by atoms with E-state index in [1.165, 1.54) is 0 Å². The fourth-order valence-electron chi connectivity index (χ4n) is 2.98. The average molecular weight is 270 g/mol. The summed E-state index contributed by atoms with van der Waals surface area (Å²) in [6.07, 6.45) is 6.72. The van der Waals surface area contributed by atoms with Crippen molar-refractivity contribution in [3.05, 3.63) is 0 Å². The van der Waals surface area contributed by atoms with E-state index >= 15 is 0 Å². The minimum absolute atomic E-state index is 0.00695. The Bertz CT molecular complexity index is 340. The van der Waals surface area contributed by atoms with Gasteiger partial charge in [-0.25, -0.2) is 0 Å². The van der Waals surface area contributed by atoms with Gasteiger partial charge in [-0.2, -0.15) is 11.8 Å². The van der Waals surface area contributed by atoms with Crippen LogP contribution in [0.15, 0.2) is 0 Å². The summed E-state index contributed by atoms with van der Waals surface area (Å²) in [5, 5.41) is 2.95. The number of amides is 2. The van der Waals surface area contributed by atoms with Crippen molar-refractivity contribution in [1.82, 2.24) is 10.2 Å². The van der Waals surface area contributed by atoms with E-state index in [1.807, 2.05) is 0 Å². The van der Waals surface area contributed by atoms with E-state index in [2.05, 4.69) is 18.5 Å². The Morgan fingerprint density at radius 2 is 2.06 bits per heavy atom. The highest BCUT2D eigenvalue weighted by atomic mass is 32.2. The Morgan fingerprint density at radius 1 is 1.39 bits per heavy atom. The first kappa shape index (κ1) is 13.7. The summed E-state index contributed by atoms with van der Waals surface area (Å²) in [5.74, 6) is 1.18. The molecule has 0 bridgehead atoms. The second kappa shape index (κ2) is 5.51. The number of hydrogen-bond donors (Lipinski definition) is 1. The molecule has 2 fully saturated rings. The van der Waals surface area contributed by atoms with Gasteiger partial charge in [0.15, 0.2) is 0 Å². The predicted molar refractivity (Wildman–Crippen MR) is 73.5 cm³/mol. The maximum absolute atomic E-state index is 12.6. The number of rotatable bonds is 4. The molecule has 0 radical (unpaired) electrons. The first-order valence-electron chi connectivity index (χ1n) is 6.70. The van der Waals surface area contributed by atoms with Gasteiger partial charge in [-0.1, -0.05) is 12.8 Å². The zero-order valence-corrected chi connectivity index (χ0v) is 12.0. The van der Waals surface area contributed by atoms with Crippen LogP contribution in [0.1, 0.15) is 39.0 Å². The summed E-state index contributed by atoms with van der Waals surface area (Å²) >= 11 is 1.78. The van der Waals surface area contributed by atoms with Gasteiger partial charge < -0.3 is 10.2 Å². The Labute approximate surface area is 113 Å². The third kappa shape index (κ3) is 2.51. The molecule has 1 saturated heterocycles. The minimum Gasteiger partial charge on any atom is -0.340 e. The number of carbonyl (C=O) groups excluding carboxylic acids is 2. The second-order valence-electron chi connectivity index (χ2n) is 5.40. The van der Waals surface area contributed by atoms with Crippen molar-refractivity contribution < 1.29 is 9.59 Å². The van der Waals surface area contributed by atoms with Gasteiger partial charge in [0.2, 0.25) is 11.8 Å².